The van der Waals surface area contributed by atoms with E-state index in [2.05, 4.69) is 68.6 Å². The maximum absolute atomic E-state index is 3.59. The van der Waals surface area contributed by atoms with Gasteiger partial charge in [0.25, 0.3) is 0 Å². The first-order valence-corrected chi connectivity index (χ1v) is 6.46. The van der Waals surface area contributed by atoms with Gasteiger partial charge in [0, 0.05) is 23.2 Å². The van der Waals surface area contributed by atoms with Gasteiger partial charge in [-0.15, -0.1) is 0 Å². The van der Waals surface area contributed by atoms with Crippen molar-refractivity contribution >= 4 is 5.70 Å². The quantitative estimate of drug-likeness (QED) is 0.802. The lowest BCUT2D eigenvalue weighted by Crippen LogP contribution is -2.34. The van der Waals surface area contributed by atoms with E-state index in [4.69, 9.17) is 0 Å². The number of fused-ring (bicyclic) bond motifs is 1. The van der Waals surface area contributed by atoms with Crippen molar-refractivity contribution in [2.24, 2.45) is 0 Å². The number of hydrogen-bond donors (Lipinski definition) is 1. The molecule has 2 rings (SSSR count). The van der Waals surface area contributed by atoms with Crippen LogP contribution >= 0.6 is 0 Å². The zero-order valence-electron chi connectivity index (χ0n) is 10.9. The fraction of sp³-hybridized carbons (Fsp3) is 0.375. The van der Waals surface area contributed by atoms with Crippen LogP contribution in [0.25, 0.3) is 5.70 Å². The molecule has 0 fully saturated rings. The molecule has 1 aliphatic rings. The second-order valence-corrected chi connectivity index (χ2v) is 4.73. The van der Waals surface area contributed by atoms with Gasteiger partial charge in [-0.3, -0.25) is 0 Å². The Balaban J connectivity index is 2.40. The lowest BCUT2D eigenvalue weighted by atomic mass is 9.85. The molecule has 1 aliphatic heterocycles. The molecule has 0 spiro atoms. The molecule has 0 aromatic heterocycles. The Kier molecular flexibility index (Phi) is 3.68. The van der Waals surface area contributed by atoms with Crippen LogP contribution in [0, 0.1) is 0 Å². The van der Waals surface area contributed by atoms with Gasteiger partial charge in [-0.05, 0) is 25.0 Å². The third-order valence-electron chi connectivity index (χ3n) is 3.51. The summed E-state index contributed by atoms with van der Waals surface area (Å²) >= 11 is 0. The molecule has 17 heavy (non-hydrogen) atoms. The van der Waals surface area contributed by atoms with E-state index in [1.165, 1.54) is 16.8 Å². The van der Waals surface area contributed by atoms with E-state index in [-0.39, 0.29) is 0 Å². The van der Waals surface area contributed by atoms with Crippen LogP contribution in [0.15, 0.2) is 42.5 Å². The molecule has 0 radical (unpaired) electrons. The largest absolute Gasteiger partial charge is 0.381 e. The molecule has 1 nitrogen and oxygen atoms in total. The van der Waals surface area contributed by atoms with Gasteiger partial charge in [-0.25, -0.2) is 0 Å². The minimum atomic E-state index is 0.492. The SMILES string of the molecule is CC/C=C\C=C1/NC(C)C(C)c2ccccc21. The van der Waals surface area contributed by atoms with Crippen LogP contribution in [0.5, 0.6) is 0 Å². The number of allylic oxidation sites excluding steroid dienone is 3. The van der Waals surface area contributed by atoms with E-state index in [0.717, 1.165) is 6.42 Å². The molecule has 0 saturated carbocycles. The van der Waals surface area contributed by atoms with E-state index in [1.807, 2.05) is 0 Å². The Bertz CT molecular complexity index is 443. The van der Waals surface area contributed by atoms with E-state index < -0.39 is 0 Å². The van der Waals surface area contributed by atoms with Gasteiger partial charge in [-0.2, -0.15) is 0 Å². The summed E-state index contributed by atoms with van der Waals surface area (Å²) in [5, 5.41) is 3.59. The molecule has 0 saturated heterocycles. The highest BCUT2D eigenvalue weighted by atomic mass is 14.9. The van der Waals surface area contributed by atoms with Crippen LogP contribution in [0.2, 0.25) is 0 Å². The summed E-state index contributed by atoms with van der Waals surface area (Å²) < 4.78 is 0. The van der Waals surface area contributed by atoms with Crippen LogP contribution in [0.3, 0.4) is 0 Å². The summed E-state index contributed by atoms with van der Waals surface area (Å²) in [5.74, 6) is 0.568. The molecular formula is C16H21N. The minimum Gasteiger partial charge on any atom is -0.381 e. The minimum absolute atomic E-state index is 0.492. The molecule has 1 heteroatoms. The lowest BCUT2D eigenvalue weighted by Gasteiger charge is -2.32. The zero-order valence-corrected chi connectivity index (χ0v) is 10.9. The van der Waals surface area contributed by atoms with E-state index in [0.29, 0.717) is 12.0 Å². The first-order valence-electron chi connectivity index (χ1n) is 6.46. The first kappa shape index (κ1) is 12.0. The zero-order chi connectivity index (χ0) is 12.3. The molecule has 2 atom stereocenters. The van der Waals surface area contributed by atoms with Crippen molar-refractivity contribution in [3.63, 3.8) is 0 Å². The average Bonchev–Trinajstić information content (AvgIpc) is 2.36. The normalized spacial score (nSPS) is 25.9. The molecular weight excluding hydrogens is 206 g/mol. The topological polar surface area (TPSA) is 12.0 Å². The molecule has 1 N–H and O–H groups in total. The third kappa shape index (κ3) is 2.44. The van der Waals surface area contributed by atoms with Crippen molar-refractivity contribution < 1.29 is 0 Å². The first-order chi connectivity index (χ1) is 8.24. The predicted molar refractivity (Wildman–Crippen MR) is 74.9 cm³/mol. The highest BCUT2D eigenvalue weighted by Gasteiger charge is 2.24. The Morgan fingerprint density at radius 2 is 2.00 bits per heavy atom. The lowest BCUT2D eigenvalue weighted by molar-refractivity contribution is 0.534. The highest BCUT2D eigenvalue weighted by Crippen LogP contribution is 2.32. The van der Waals surface area contributed by atoms with Crippen LogP contribution in [-0.4, -0.2) is 6.04 Å². The van der Waals surface area contributed by atoms with E-state index in [1.54, 1.807) is 0 Å². The summed E-state index contributed by atoms with van der Waals surface area (Å²) in [6, 6.07) is 9.18. The van der Waals surface area contributed by atoms with Gasteiger partial charge in [-0.1, -0.05) is 50.3 Å². The molecule has 0 aliphatic carbocycles. The summed E-state index contributed by atoms with van der Waals surface area (Å²) in [5.41, 5.74) is 4.05. The molecule has 2 unspecified atom stereocenters. The van der Waals surface area contributed by atoms with Crippen molar-refractivity contribution in [3.05, 3.63) is 53.6 Å². The summed E-state index contributed by atoms with van der Waals surface area (Å²) in [4.78, 5) is 0. The van der Waals surface area contributed by atoms with Crippen molar-refractivity contribution in [2.75, 3.05) is 0 Å². The Morgan fingerprint density at radius 1 is 1.24 bits per heavy atom. The number of nitrogens with one attached hydrogen (secondary N) is 1. The Hall–Kier alpha value is -1.50. The van der Waals surface area contributed by atoms with Crippen molar-refractivity contribution in [1.82, 2.24) is 5.32 Å². The van der Waals surface area contributed by atoms with Crippen LogP contribution in [0.4, 0.5) is 0 Å². The molecule has 1 aromatic carbocycles. The average molecular weight is 227 g/mol. The number of benzene rings is 1. The molecule has 1 heterocycles. The molecule has 0 bridgehead atoms. The van der Waals surface area contributed by atoms with Crippen molar-refractivity contribution in [1.29, 1.82) is 0 Å². The van der Waals surface area contributed by atoms with Crippen molar-refractivity contribution in [2.45, 2.75) is 39.2 Å². The monoisotopic (exact) mass is 227 g/mol. The fourth-order valence-corrected chi connectivity index (χ4v) is 2.29. The van der Waals surface area contributed by atoms with Gasteiger partial charge >= 0.3 is 0 Å². The van der Waals surface area contributed by atoms with Crippen molar-refractivity contribution in [3.8, 4) is 0 Å². The van der Waals surface area contributed by atoms with Gasteiger partial charge in [0.05, 0.1) is 0 Å². The third-order valence-corrected chi connectivity index (χ3v) is 3.51. The van der Waals surface area contributed by atoms with Crippen LogP contribution in [0.1, 0.15) is 44.2 Å². The van der Waals surface area contributed by atoms with E-state index >= 15 is 0 Å². The van der Waals surface area contributed by atoms with Gasteiger partial charge in [0.15, 0.2) is 0 Å². The molecule has 0 amide bonds. The van der Waals surface area contributed by atoms with Crippen LogP contribution < -0.4 is 5.32 Å². The molecule has 90 valence electrons. The van der Waals surface area contributed by atoms with Gasteiger partial charge in [0.1, 0.15) is 0 Å². The smallest absolute Gasteiger partial charge is 0.0418 e. The molecule has 1 aromatic rings. The standard InChI is InChI=1S/C16H21N/c1-4-5-6-11-16-15-10-8-7-9-14(15)12(2)13(3)17-16/h5-13,17H,4H2,1-3H3/b6-5-,16-11-. The summed E-state index contributed by atoms with van der Waals surface area (Å²) in [7, 11) is 0. The van der Waals surface area contributed by atoms with E-state index in [9.17, 15) is 0 Å². The number of hydrogen-bond acceptors (Lipinski definition) is 1. The maximum Gasteiger partial charge on any atom is 0.0418 e. The summed E-state index contributed by atoms with van der Waals surface area (Å²) in [6.45, 7) is 6.69. The van der Waals surface area contributed by atoms with Gasteiger partial charge < -0.3 is 5.32 Å². The summed E-state index contributed by atoms with van der Waals surface area (Å²) in [6.07, 6.45) is 7.59. The number of rotatable bonds is 2. The second-order valence-electron chi connectivity index (χ2n) is 4.73. The fourth-order valence-electron chi connectivity index (χ4n) is 2.29. The maximum atomic E-state index is 3.59. The Morgan fingerprint density at radius 3 is 2.76 bits per heavy atom. The highest BCUT2D eigenvalue weighted by molar-refractivity contribution is 5.71. The predicted octanol–water partition coefficient (Wildman–Crippen LogP) is 4.09. The van der Waals surface area contributed by atoms with Crippen LogP contribution in [-0.2, 0) is 0 Å². The second kappa shape index (κ2) is 5.22. The Labute approximate surface area is 104 Å². The van der Waals surface area contributed by atoms with Gasteiger partial charge in [0.2, 0.25) is 0 Å².